The van der Waals surface area contributed by atoms with Crippen LogP contribution in [0.2, 0.25) is 0 Å². The summed E-state index contributed by atoms with van der Waals surface area (Å²) in [5.41, 5.74) is 1.21. The van der Waals surface area contributed by atoms with Crippen molar-refractivity contribution >= 4 is 11.8 Å². The molecule has 0 saturated carbocycles. The van der Waals surface area contributed by atoms with Gasteiger partial charge < -0.3 is 14.6 Å². The number of aliphatic hydroxyl groups is 1. The van der Waals surface area contributed by atoms with Gasteiger partial charge in [0.05, 0.1) is 12.2 Å². The summed E-state index contributed by atoms with van der Waals surface area (Å²) in [4.78, 5) is 27.1. The van der Waals surface area contributed by atoms with Crippen LogP contribution in [0.25, 0.3) is 0 Å². The lowest BCUT2D eigenvalue weighted by Gasteiger charge is -2.16. The van der Waals surface area contributed by atoms with Gasteiger partial charge in [-0.25, -0.2) is 0 Å². The first kappa shape index (κ1) is 16.6. The van der Waals surface area contributed by atoms with Crippen molar-refractivity contribution in [3.63, 3.8) is 0 Å². The third kappa shape index (κ3) is 4.14. The predicted octanol–water partition coefficient (Wildman–Crippen LogP) is 2.28. The Hall–Kier alpha value is -2.73. The van der Waals surface area contributed by atoms with Crippen molar-refractivity contribution in [3.8, 4) is 11.5 Å². The van der Waals surface area contributed by atoms with Crippen LogP contribution in [0.4, 0.5) is 0 Å². The van der Waals surface area contributed by atoms with Gasteiger partial charge in [-0.15, -0.1) is 0 Å². The monoisotopic (exact) mass is 315 g/mol. The molecule has 0 bridgehead atoms. The third-order valence-corrected chi connectivity index (χ3v) is 3.06. The van der Waals surface area contributed by atoms with Crippen molar-refractivity contribution < 1.29 is 24.2 Å². The zero-order chi connectivity index (χ0) is 16.8. The van der Waals surface area contributed by atoms with Crippen LogP contribution in [-0.4, -0.2) is 21.8 Å². The molecule has 1 aromatic heterocycles. The summed E-state index contributed by atoms with van der Waals surface area (Å²) < 4.78 is 10.8. The van der Waals surface area contributed by atoms with Crippen LogP contribution >= 0.6 is 0 Å². The molecule has 2 rings (SSSR count). The maximum absolute atomic E-state index is 11.7. The lowest BCUT2D eigenvalue weighted by molar-refractivity contribution is -0.132. The first-order chi connectivity index (χ1) is 11.0. The Balaban J connectivity index is 2.42. The summed E-state index contributed by atoms with van der Waals surface area (Å²) in [6.07, 6.45) is 1.27. The fourth-order valence-electron chi connectivity index (χ4n) is 2.00. The smallest absolute Gasteiger partial charge is 0.308 e. The fourth-order valence-corrected chi connectivity index (χ4v) is 2.00. The number of aliphatic hydroxyl groups excluding tert-OH is 1. The number of nitrogens with zero attached hydrogens (tertiary/aromatic N) is 1. The minimum absolute atomic E-state index is 0.0139. The van der Waals surface area contributed by atoms with Gasteiger partial charge in [-0.2, -0.15) is 0 Å². The Labute approximate surface area is 133 Å². The molecule has 1 aromatic carbocycles. The van der Waals surface area contributed by atoms with Crippen molar-refractivity contribution in [2.24, 2.45) is 0 Å². The summed E-state index contributed by atoms with van der Waals surface area (Å²) >= 11 is 0. The zero-order valence-corrected chi connectivity index (χ0v) is 12.9. The molecule has 0 unspecified atom stereocenters. The number of hydrogen-bond acceptors (Lipinski definition) is 6. The molecule has 0 aliphatic carbocycles. The summed E-state index contributed by atoms with van der Waals surface area (Å²) in [5.74, 6) is -0.825. The van der Waals surface area contributed by atoms with Crippen LogP contribution in [-0.2, 0) is 18.0 Å². The van der Waals surface area contributed by atoms with Crippen molar-refractivity contribution in [1.29, 1.82) is 0 Å². The number of benzene rings is 1. The van der Waals surface area contributed by atoms with E-state index in [9.17, 15) is 14.7 Å². The van der Waals surface area contributed by atoms with E-state index in [0.717, 1.165) is 5.56 Å². The highest BCUT2D eigenvalue weighted by Crippen LogP contribution is 2.35. The van der Waals surface area contributed by atoms with E-state index >= 15 is 0 Å². The van der Waals surface area contributed by atoms with Crippen LogP contribution in [0.5, 0.6) is 11.5 Å². The highest BCUT2D eigenvalue weighted by atomic mass is 16.6. The molecule has 0 spiro atoms. The molecule has 120 valence electrons. The van der Waals surface area contributed by atoms with Gasteiger partial charge in [-0.1, -0.05) is 30.3 Å². The van der Waals surface area contributed by atoms with Gasteiger partial charge in [0.2, 0.25) is 0 Å². The largest absolute Gasteiger partial charge is 0.483 e. The third-order valence-electron chi connectivity index (χ3n) is 3.06. The lowest BCUT2D eigenvalue weighted by atomic mass is 10.1. The second-order valence-corrected chi connectivity index (χ2v) is 4.86. The van der Waals surface area contributed by atoms with Crippen molar-refractivity contribution in [1.82, 2.24) is 4.98 Å². The first-order valence-corrected chi connectivity index (χ1v) is 7.01. The van der Waals surface area contributed by atoms with E-state index in [4.69, 9.17) is 9.47 Å². The molecule has 0 saturated heterocycles. The van der Waals surface area contributed by atoms with E-state index in [1.165, 1.54) is 20.0 Å². The van der Waals surface area contributed by atoms with Gasteiger partial charge in [0, 0.05) is 13.1 Å². The summed E-state index contributed by atoms with van der Waals surface area (Å²) in [6, 6.07) is 9.34. The molecule has 0 amide bonds. The fraction of sp³-hybridized carbons (Fsp3) is 0.235. The molecule has 1 N–H and O–H groups in total. The van der Waals surface area contributed by atoms with E-state index in [0.29, 0.717) is 0 Å². The number of ether oxygens (including phenoxy) is 2. The predicted molar refractivity (Wildman–Crippen MR) is 82.2 cm³/mol. The van der Waals surface area contributed by atoms with E-state index in [-0.39, 0.29) is 35.1 Å². The molecule has 0 fully saturated rings. The van der Waals surface area contributed by atoms with E-state index < -0.39 is 12.6 Å². The van der Waals surface area contributed by atoms with Gasteiger partial charge >= 0.3 is 5.97 Å². The SMILES string of the molecule is CC(=O)Oc1c(C(C)=O)cnc(CO)c1OCc1ccccc1. The van der Waals surface area contributed by atoms with Gasteiger partial charge in [0.15, 0.2) is 17.3 Å². The van der Waals surface area contributed by atoms with E-state index in [2.05, 4.69) is 4.98 Å². The Morgan fingerprint density at radius 3 is 2.39 bits per heavy atom. The summed E-state index contributed by atoms with van der Waals surface area (Å²) in [5, 5.41) is 9.44. The number of pyridine rings is 1. The summed E-state index contributed by atoms with van der Waals surface area (Å²) in [7, 11) is 0. The first-order valence-electron chi connectivity index (χ1n) is 7.01. The number of carbonyl (C=O) groups excluding carboxylic acids is 2. The highest BCUT2D eigenvalue weighted by molar-refractivity contribution is 5.98. The van der Waals surface area contributed by atoms with Gasteiger partial charge in [-0.05, 0) is 12.5 Å². The minimum atomic E-state index is -0.591. The molecule has 0 aliphatic heterocycles. The molecule has 0 atom stereocenters. The average molecular weight is 315 g/mol. The Kier molecular flexibility index (Phi) is 5.43. The minimum Gasteiger partial charge on any atom is -0.483 e. The normalized spacial score (nSPS) is 10.2. The maximum atomic E-state index is 11.7. The number of carbonyl (C=O) groups is 2. The lowest BCUT2D eigenvalue weighted by Crippen LogP contribution is -2.11. The standard InChI is InChI=1S/C17H17NO5/c1-11(20)14-8-18-15(9-19)17(16(14)23-12(2)21)22-10-13-6-4-3-5-7-13/h3-8,19H,9-10H2,1-2H3. The zero-order valence-electron chi connectivity index (χ0n) is 12.9. The second kappa shape index (κ2) is 7.51. The van der Waals surface area contributed by atoms with E-state index in [1.807, 2.05) is 30.3 Å². The molecule has 0 radical (unpaired) electrons. The quantitative estimate of drug-likeness (QED) is 0.650. The Morgan fingerprint density at radius 2 is 1.83 bits per heavy atom. The topological polar surface area (TPSA) is 85.7 Å². The van der Waals surface area contributed by atoms with Crippen molar-refractivity contribution in [2.75, 3.05) is 0 Å². The highest BCUT2D eigenvalue weighted by Gasteiger charge is 2.21. The van der Waals surface area contributed by atoms with Gasteiger partial charge in [0.1, 0.15) is 12.3 Å². The number of aromatic nitrogens is 1. The molecule has 1 heterocycles. The van der Waals surface area contributed by atoms with Crippen LogP contribution in [0.15, 0.2) is 36.5 Å². The van der Waals surface area contributed by atoms with E-state index in [1.54, 1.807) is 0 Å². The number of rotatable bonds is 6. The van der Waals surface area contributed by atoms with Crippen molar-refractivity contribution in [2.45, 2.75) is 27.1 Å². The van der Waals surface area contributed by atoms with Crippen LogP contribution < -0.4 is 9.47 Å². The van der Waals surface area contributed by atoms with Crippen LogP contribution in [0.3, 0.4) is 0 Å². The molecular weight excluding hydrogens is 298 g/mol. The maximum Gasteiger partial charge on any atom is 0.308 e. The number of esters is 1. The molecule has 0 aliphatic rings. The molecule has 6 heteroatoms. The molecule has 6 nitrogen and oxygen atoms in total. The summed E-state index contributed by atoms with van der Waals surface area (Å²) in [6.45, 7) is 2.34. The number of ketones is 1. The van der Waals surface area contributed by atoms with Crippen LogP contribution in [0, 0.1) is 0 Å². The Morgan fingerprint density at radius 1 is 1.13 bits per heavy atom. The second-order valence-electron chi connectivity index (χ2n) is 4.86. The molecule has 2 aromatic rings. The number of hydrogen-bond donors (Lipinski definition) is 1. The van der Waals surface area contributed by atoms with Crippen molar-refractivity contribution in [3.05, 3.63) is 53.3 Å². The number of Topliss-reactive ketones (excluding diaryl/α,β-unsaturated/α-hetero) is 1. The van der Waals surface area contributed by atoms with Gasteiger partial charge in [0.25, 0.3) is 0 Å². The molecule has 23 heavy (non-hydrogen) atoms. The Bertz CT molecular complexity index is 712. The average Bonchev–Trinajstić information content (AvgIpc) is 2.53. The molecular formula is C17H17NO5. The van der Waals surface area contributed by atoms with Crippen LogP contribution in [0.1, 0.15) is 35.5 Å². The van der Waals surface area contributed by atoms with Gasteiger partial charge in [-0.3, -0.25) is 14.6 Å².